The van der Waals surface area contributed by atoms with Crippen LogP contribution in [-0.2, 0) is 10.2 Å². The molecule has 0 fully saturated rings. The van der Waals surface area contributed by atoms with Gasteiger partial charge in [-0.25, -0.2) is 14.9 Å². The van der Waals surface area contributed by atoms with Gasteiger partial charge < -0.3 is 5.21 Å². The first kappa shape index (κ1) is 17.1. The summed E-state index contributed by atoms with van der Waals surface area (Å²) >= 11 is 0. The Bertz CT molecular complexity index is 1060. The van der Waals surface area contributed by atoms with E-state index in [1.54, 1.807) is 36.6 Å². The molecule has 0 saturated carbocycles. The fraction of sp³-hybridized carbons (Fsp3) is 0.250. The summed E-state index contributed by atoms with van der Waals surface area (Å²) < 4.78 is 0.985. The monoisotopic (exact) mass is 362 g/mol. The molecule has 1 aliphatic heterocycles. The molecule has 3 heterocycles. The van der Waals surface area contributed by atoms with Crippen LogP contribution in [0.2, 0.25) is 0 Å². The van der Waals surface area contributed by atoms with Crippen LogP contribution in [0.4, 0.5) is 11.6 Å². The Kier molecular flexibility index (Phi) is 3.69. The van der Waals surface area contributed by atoms with Crippen molar-refractivity contribution >= 4 is 17.5 Å². The number of amides is 1. The van der Waals surface area contributed by atoms with E-state index < -0.39 is 5.41 Å². The summed E-state index contributed by atoms with van der Waals surface area (Å²) in [5, 5.41) is 9.91. The molecule has 3 aromatic rings. The first-order chi connectivity index (χ1) is 12.8. The van der Waals surface area contributed by atoms with Crippen LogP contribution in [0.3, 0.4) is 0 Å². The number of aromatic nitrogens is 4. The predicted molar refractivity (Wildman–Crippen MR) is 98.7 cm³/mol. The van der Waals surface area contributed by atoms with E-state index in [0.717, 1.165) is 32.7 Å². The number of anilines is 2. The van der Waals surface area contributed by atoms with Crippen LogP contribution in [0.5, 0.6) is 0 Å². The largest absolute Gasteiger partial charge is 0.350 e. The number of benzene rings is 1. The zero-order valence-corrected chi connectivity index (χ0v) is 15.6. The second-order valence-corrected chi connectivity index (χ2v) is 7.29. The van der Waals surface area contributed by atoms with Crippen LogP contribution >= 0.6 is 0 Å². The average Bonchev–Trinajstić information content (AvgIpc) is 2.84. The van der Waals surface area contributed by atoms with Gasteiger partial charge in [0.2, 0.25) is 11.9 Å². The van der Waals surface area contributed by atoms with Gasteiger partial charge in [-0.3, -0.25) is 4.79 Å². The number of carbonyl (C=O) groups excluding carboxylic acids is 1. The molecule has 1 aromatic carbocycles. The number of hydrogen-bond acceptors (Lipinski definition) is 5. The Morgan fingerprint density at radius 3 is 2.41 bits per heavy atom. The van der Waals surface area contributed by atoms with Gasteiger partial charge >= 0.3 is 5.82 Å². The summed E-state index contributed by atoms with van der Waals surface area (Å²) in [7, 11) is 0. The molecule has 0 atom stereocenters. The van der Waals surface area contributed by atoms with Gasteiger partial charge in [0.25, 0.3) is 0 Å². The molecule has 0 bridgehead atoms. The molecule has 2 aromatic heterocycles. The van der Waals surface area contributed by atoms with E-state index in [-0.39, 0.29) is 5.91 Å². The summed E-state index contributed by atoms with van der Waals surface area (Å²) in [6.07, 6.45) is 6.68. The summed E-state index contributed by atoms with van der Waals surface area (Å²) in [4.78, 5) is 27.5. The number of fused-ring (bicyclic) bond motifs is 1. The maximum atomic E-state index is 13.1. The van der Waals surface area contributed by atoms with Gasteiger partial charge in [0.1, 0.15) is 6.20 Å². The highest BCUT2D eigenvalue weighted by atomic mass is 16.5. The van der Waals surface area contributed by atoms with E-state index in [9.17, 15) is 10.0 Å². The number of nitrogens with zero attached hydrogens (tertiary/aromatic N) is 5. The van der Waals surface area contributed by atoms with E-state index in [4.69, 9.17) is 0 Å². The smallest absolute Gasteiger partial charge is 0.333 e. The van der Waals surface area contributed by atoms with Crippen LogP contribution in [0.15, 0.2) is 43.0 Å². The summed E-state index contributed by atoms with van der Waals surface area (Å²) in [5.74, 6) is 0.775. The lowest BCUT2D eigenvalue weighted by Crippen LogP contribution is -2.34. The fourth-order valence-electron chi connectivity index (χ4n) is 3.26. The fourth-order valence-corrected chi connectivity index (χ4v) is 3.26. The van der Waals surface area contributed by atoms with E-state index in [1.807, 2.05) is 39.0 Å². The van der Waals surface area contributed by atoms with E-state index >= 15 is 0 Å². The van der Waals surface area contributed by atoms with Crippen molar-refractivity contribution < 1.29 is 14.7 Å². The minimum Gasteiger partial charge on any atom is -0.350 e. The molecule has 4 rings (SSSR count). The molecule has 0 spiro atoms. The van der Waals surface area contributed by atoms with Gasteiger partial charge in [0.05, 0.1) is 16.7 Å². The predicted octanol–water partition coefficient (Wildman–Crippen LogP) is 2.64. The molecule has 0 aliphatic carbocycles. The third kappa shape index (κ3) is 2.63. The summed E-state index contributed by atoms with van der Waals surface area (Å²) in [6, 6.07) is 5.79. The van der Waals surface area contributed by atoms with Crippen molar-refractivity contribution in [1.29, 1.82) is 0 Å². The van der Waals surface area contributed by atoms with E-state index in [0.29, 0.717) is 11.8 Å². The highest BCUT2D eigenvalue weighted by molar-refractivity contribution is 6.11. The van der Waals surface area contributed by atoms with Crippen molar-refractivity contribution in [2.45, 2.75) is 33.1 Å². The average molecular weight is 362 g/mol. The van der Waals surface area contributed by atoms with Gasteiger partial charge in [-0.15, -0.1) is 0 Å². The summed E-state index contributed by atoms with van der Waals surface area (Å²) in [6.45, 7) is 7.42. The van der Waals surface area contributed by atoms with Crippen molar-refractivity contribution in [1.82, 2.24) is 15.0 Å². The summed E-state index contributed by atoms with van der Waals surface area (Å²) in [5.41, 5.74) is 3.50. The molecule has 7 heteroatoms. The Balaban J connectivity index is 1.88. The van der Waals surface area contributed by atoms with Crippen LogP contribution in [0.25, 0.3) is 11.1 Å². The lowest BCUT2D eigenvalue weighted by atomic mass is 9.85. The second kappa shape index (κ2) is 5.84. The van der Waals surface area contributed by atoms with Crippen molar-refractivity contribution in [2.75, 3.05) is 4.90 Å². The highest BCUT2D eigenvalue weighted by Gasteiger charge is 2.45. The molecule has 7 nitrogen and oxygen atoms in total. The van der Waals surface area contributed by atoms with Crippen LogP contribution < -0.4 is 9.63 Å². The van der Waals surface area contributed by atoms with Gasteiger partial charge in [-0.05, 0) is 43.5 Å². The molecule has 0 unspecified atom stereocenters. The zero-order valence-electron chi connectivity index (χ0n) is 15.6. The first-order valence-electron chi connectivity index (χ1n) is 8.64. The standard InChI is InChI=1S/C20H20N5O2/c1-12-8-22-19(23-9-12)25-17-7-14(15-10-21-13(2)24(27)11-15)5-6-16(17)20(3,4)18(25)26/h5-11,27H,1-4H3/q+1. The van der Waals surface area contributed by atoms with Gasteiger partial charge in [0.15, 0.2) is 6.20 Å². The highest BCUT2D eigenvalue weighted by Crippen LogP contribution is 2.45. The molecule has 1 N–H and O–H groups in total. The Morgan fingerprint density at radius 2 is 1.74 bits per heavy atom. The lowest BCUT2D eigenvalue weighted by Gasteiger charge is -2.18. The van der Waals surface area contributed by atoms with Gasteiger partial charge in [0, 0.05) is 19.3 Å². The van der Waals surface area contributed by atoms with Crippen molar-refractivity contribution in [3.05, 3.63) is 59.9 Å². The number of rotatable bonds is 2. The van der Waals surface area contributed by atoms with Crippen LogP contribution in [0.1, 0.15) is 30.8 Å². The third-order valence-corrected chi connectivity index (χ3v) is 4.93. The van der Waals surface area contributed by atoms with Crippen molar-refractivity contribution in [3.63, 3.8) is 0 Å². The molecule has 1 aliphatic rings. The molecule has 0 radical (unpaired) electrons. The number of carbonyl (C=O) groups is 1. The van der Waals surface area contributed by atoms with Crippen molar-refractivity contribution in [3.8, 4) is 11.1 Å². The third-order valence-electron chi connectivity index (χ3n) is 4.93. The Hall–Kier alpha value is -3.35. The van der Waals surface area contributed by atoms with Gasteiger partial charge in [-0.2, -0.15) is 0 Å². The zero-order chi connectivity index (χ0) is 19.3. The Labute approximate surface area is 156 Å². The van der Waals surface area contributed by atoms with Gasteiger partial charge in [-0.1, -0.05) is 21.8 Å². The van der Waals surface area contributed by atoms with Crippen LogP contribution in [-0.4, -0.2) is 26.1 Å². The van der Waals surface area contributed by atoms with Crippen molar-refractivity contribution in [2.24, 2.45) is 0 Å². The topological polar surface area (TPSA) is 83.1 Å². The number of aryl methyl sites for hydroxylation is 2. The molecular formula is C20H20N5O2+. The molecule has 27 heavy (non-hydrogen) atoms. The number of hydrogen-bond donors (Lipinski definition) is 1. The van der Waals surface area contributed by atoms with E-state index in [1.165, 1.54) is 0 Å². The second-order valence-electron chi connectivity index (χ2n) is 7.29. The maximum Gasteiger partial charge on any atom is 0.333 e. The Morgan fingerprint density at radius 1 is 1.04 bits per heavy atom. The molecule has 136 valence electrons. The SMILES string of the molecule is Cc1cnc(N2C(=O)C(C)(C)c3ccc(-c4cnc(C)[n+](O)c4)cc32)nc1. The molecule has 0 saturated heterocycles. The molecular weight excluding hydrogens is 342 g/mol. The maximum absolute atomic E-state index is 13.1. The first-order valence-corrected chi connectivity index (χ1v) is 8.64. The van der Waals surface area contributed by atoms with Crippen LogP contribution in [0, 0.1) is 13.8 Å². The normalized spacial score (nSPS) is 15.1. The minimum absolute atomic E-state index is 0.0715. The quantitative estimate of drug-likeness (QED) is 0.560. The lowest BCUT2D eigenvalue weighted by molar-refractivity contribution is -0.910. The minimum atomic E-state index is -0.676. The molecule has 1 amide bonds. The van der Waals surface area contributed by atoms with E-state index in [2.05, 4.69) is 15.0 Å².